The first-order chi connectivity index (χ1) is 12.6. The van der Waals surface area contributed by atoms with Gasteiger partial charge in [-0.15, -0.1) is 0 Å². The fourth-order valence-corrected chi connectivity index (χ4v) is 2.89. The van der Waals surface area contributed by atoms with E-state index in [0.717, 1.165) is 24.3 Å². The van der Waals surface area contributed by atoms with Crippen LogP contribution in [0.25, 0.3) is 0 Å². The summed E-state index contributed by atoms with van der Waals surface area (Å²) in [4.78, 5) is 11.2. The van der Waals surface area contributed by atoms with Gasteiger partial charge in [0.15, 0.2) is 11.6 Å². The molecule has 0 spiro atoms. The number of benzene rings is 2. The number of alkyl halides is 3. The van der Waals surface area contributed by atoms with Crippen LogP contribution < -0.4 is 9.47 Å². The van der Waals surface area contributed by atoms with Gasteiger partial charge in [-0.25, -0.2) is 8.78 Å². The lowest BCUT2D eigenvalue weighted by Gasteiger charge is -2.32. The lowest BCUT2D eigenvalue weighted by atomic mass is 9.90. The second-order valence-corrected chi connectivity index (χ2v) is 6.20. The molecule has 2 aromatic carbocycles. The van der Waals surface area contributed by atoms with Crippen LogP contribution in [0.3, 0.4) is 0 Å². The van der Waals surface area contributed by atoms with Gasteiger partial charge in [0.05, 0.1) is 5.02 Å². The van der Waals surface area contributed by atoms with Gasteiger partial charge in [-0.05, 0) is 30.2 Å². The number of hydrogen-bond acceptors (Lipinski definition) is 3. The number of halogens is 6. The average Bonchev–Trinajstić information content (AvgIpc) is 2.57. The van der Waals surface area contributed by atoms with Crippen LogP contribution in [-0.2, 0) is 11.2 Å². The highest BCUT2D eigenvalue weighted by Gasteiger charge is 2.52. The summed E-state index contributed by atoms with van der Waals surface area (Å²) in [6, 6.07) is 4.92. The molecule has 27 heavy (non-hydrogen) atoms. The van der Waals surface area contributed by atoms with Gasteiger partial charge in [0.2, 0.25) is 6.10 Å². The third-order valence-electron chi connectivity index (χ3n) is 3.93. The predicted molar refractivity (Wildman–Crippen MR) is 83.2 cm³/mol. The van der Waals surface area contributed by atoms with E-state index in [1.54, 1.807) is 0 Å². The first kappa shape index (κ1) is 19.2. The van der Waals surface area contributed by atoms with Crippen LogP contribution in [0.15, 0.2) is 30.3 Å². The summed E-state index contributed by atoms with van der Waals surface area (Å²) >= 11 is 6.02. The quantitative estimate of drug-likeness (QED) is 0.728. The Balaban J connectivity index is 1.95. The standard InChI is InChI=1S/C17H10ClF5O4/c18-10-4-7-3-9(16(24)25)15(17(21,22)23)27-13(7)6-14(10)26-8-1-2-11(19)12(20)5-8/h1-2,4-6,9,15H,3H2,(H,24,25). The maximum atomic E-state index is 13.3. The number of ether oxygens (including phenoxy) is 2. The van der Waals surface area contributed by atoms with E-state index >= 15 is 0 Å². The van der Waals surface area contributed by atoms with Gasteiger partial charge in [0.1, 0.15) is 23.2 Å². The maximum Gasteiger partial charge on any atom is 0.426 e. The summed E-state index contributed by atoms with van der Waals surface area (Å²) in [6.07, 6.45) is -7.89. The summed E-state index contributed by atoms with van der Waals surface area (Å²) in [5.74, 6) is -6.31. The van der Waals surface area contributed by atoms with Gasteiger partial charge >= 0.3 is 12.1 Å². The predicted octanol–water partition coefficient (Wildman–Crippen LogP) is 4.98. The van der Waals surface area contributed by atoms with Crippen molar-refractivity contribution in [3.8, 4) is 17.2 Å². The summed E-state index contributed by atoms with van der Waals surface area (Å²) < 4.78 is 75.8. The minimum atomic E-state index is -4.90. The second-order valence-electron chi connectivity index (χ2n) is 5.80. The number of carboxylic acids is 1. The highest BCUT2D eigenvalue weighted by molar-refractivity contribution is 6.32. The van der Waals surface area contributed by atoms with Crippen molar-refractivity contribution in [3.63, 3.8) is 0 Å². The number of carboxylic acid groups (broad SMARTS) is 1. The van der Waals surface area contributed by atoms with Crippen molar-refractivity contribution < 1.29 is 41.3 Å². The molecule has 144 valence electrons. The lowest BCUT2D eigenvalue weighted by Crippen LogP contribution is -2.47. The minimum Gasteiger partial charge on any atom is -0.481 e. The summed E-state index contributed by atoms with van der Waals surface area (Å²) in [5, 5.41) is 9.00. The Bertz CT molecular complexity index is 900. The van der Waals surface area contributed by atoms with E-state index in [-0.39, 0.29) is 27.8 Å². The molecule has 10 heteroatoms. The highest BCUT2D eigenvalue weighted by atomic mass is 35.5. The molecule has 1 aliphatic heterocycles. The van der Waals surface area contributed by atoms with Crippen molar-refractivity contribution in [2.24, 2.45) is 5.92 Å². The van der Waals surface area contributed by atoms with Gasteiger partial charge in [-0.1, -0.05) is 11.6 Å². The van der Waals surface area contributed by atoms with Crippen LogP contribution in [0.4, 0.5) is 22.0 Å². The summed E-state index contributed by atoms with van der Waals surface area (Å²) in [6.45, 7) is 0. The molecule has 1 N–H and O–H groups in total. The van der Waals surface area contributed by atoms with E-state index in [4.69, 9.17) is 26.2 Å². The molecule has 2 unspecified atom stereocenters. The molecule has 2 aromatic rings. The molecule has 0 aliphatic carbocycles. The fraction of sp³-hybridized carbons (Fsp3) is 0.235. The van der Waals surface area contributed by atoms with E-state index in [1.807, 2.05) is 0 Å². The molecular weight excluding hydrogens is 399 g/mol. The van der Waals surface area contributed by atoms with Crippen LogP contribution in [0.2, 0.25) is 5.02 Å². The normalized spacial score (nSPS) is 19.2. The molecule has 0 aromatic heterocycles. The van der Waals surface area contributed by atoms with Crippen LogP contribution in [0.5, 0.6) is 17.2 Å². The van der Waals surface area contributed by atoms with Crippen molar-refractivity contribution >= 4 is 17.6 Å². The molecule has 0 bridgehead atoms. The fourth-order valence-electron chi connectivity index (χ4n) is 2.67. The van der Waals surface area contributed by atoms with Gasteiger partial charge in [-0.2, -0.15) is 13.2 Å². The molecule has 1 heterocycles. The summed E-state index contributed by atoms with van der Waals surface area (Å²) in [7, 11) is 0. The van der Waals surface area contributed by atoms with E-state index in [1.165, 1.54) is 6.07 Å². The summed E-state index contributed by atoms with van der Waals surface area (Å²) in [5.41, 5.74) is 0.158. The zero-order valence-electron chi connectivity index (χ0n) is 13.2. The number of fused-ring (bicyclic) bond motifs is 1. The van der Waals surface area contributed by atoms with Gasteiger partial charge < -0.3 is 14.6 Å². The van der Waals surface area contributed by atoms with Crippen molar-refractivity contribution in [2.75, 3.05) is 0 Å². The SMILES string of the molecule is O=C(O)C1Cc2cc(Cl)c(Oc3ccc(F)c(F)c3)cc2OC1C(F)(F)F. The number of rotatable bonds is 3. The molecule has 3 rings (SSSR count). The Kier molecular flexibility index (Phi) is 4.90. The van der Waals surface area contributed by atoms with Gasteiger partial charge in [-0.3, -0.25) is 4.79 Å². The van der Waals surface area contributed by atoms with Crippen molar-refractivity contribution in [3.05, 3.63) is 52.6 Å². The molecule has 0 amide bonds. The third-order valence-corrected chi connectivity index (χ3v) is 4.23. The van der Waals surface area contributed by atoms with Gasteiger partial charge in [0.25, 0.3) is 0 Å². The topological polar surface area (TPSA) is 55.8 Å². The highest BCUT2D eigenvalue weighted by Crippen LogP contribution is 2.43. The number of aliphatic carboxylic acids is 1. The first-order valence-electron chi connectivity index (χ1n) is 7.47. The molecular formula is C17H10ClF5O4. The molecule has 0 radical (unpaired) electrons. The largest absolute Gasteiger partial charge is 0.481 e. The average molecular weight is 409 g/mol. The van der Waals surface area contributed by atoms with Crippen LogP contribution in [0.1, 0.15) is 5.56 Å². The Hall–Kier alpha value is -2.55. The van der Waals surface area contributed by atoms with E-state index in [0.29, 0.717) is 0 Å². The van der Waals surface area contributed by atoms with E-state index < -0.39 is 42.2 Å². The molecule has 0 saturated heterocycles. The number of carbonyl (C=O) groups is 1. The Morgan fingerprint density at radius 2 is 1.89 bits per heavy atom. The van der Waals surface area contributed by atoms with Gasteiger partial charge in [0, 0.05) is 12.1 Å². The maximum absolute atomic E-state index is 13.3. The minimum absolute atomic E-state index is 0.0586. The molecule has 1 aliphatic rings. The van der Waals surface area contributed by atoms with E-state index in [2.05, 4.69) is 0 Å². The molecule has 0 saturated carbocycles. The molecule has 4 nitrogen and oxygen atoms in total. The Labute approximate surface area is 154 Å². The Morgan fingerprint density at radius 3 is 2.48 bits per heavy atom. The van der Waals surface area contributed by atoms with E-state index in [9.17, 15) is 26.7 Å². The smallest absolute Gasteiger partial charge is 0.426 e. The van der Waals surface area contributed by atoms with Crippen LogP contribution in [-0.4, -0.2) is 23.4 Å². The van der Waals surface area contributed by atoms with Crippen molar-refractivity contribution in [1.29, 1.82) is 0 Å². The first-order valence-corrected chi connectivity index (χ1v) is 7.85. The monoisotopic (exact) mass is 408 g/mol. The van der Waals surface area contributed by atoms with Crippen LogP contribution in [0, 0.1) is 17.6 Å². The zero-order chi connectivity index (χ0) is 19.9. The Morgan fingerprint density at radius 1 is 1.19 bits per heavy atom. The lowest BCUT2D eigenvalue weighted by molar-refractivity contribution is -0.217. The number of hydrogen-bond donors (Lipinski definition) is 1. The third kappa shape index (κ3) is 3.92. The molecule has 2 atom stereocenters. The van der Waals surface area contributed by atoms with Crippen molar-refractivity contribution in [2.45, 2.75) is 18.7 Å². The second kappa shape index (κ2) is 6.88. The van der Waals surface area contributed by atoms with Crippen LogP contribution >= 0.6 is 11.6 Å². The van der Waals surface area contributed by atoms with Crippen molar-refractivity contribution in [1.82, 2.24) is 0 Å². The molecule has 0 fully saturated rings. The zero-order valence-corrected chi connectivity index (χ0v) is 13.9.